The van der Waals surface area contributed by atoms with Gasteiger partial charge in [0.15, 0.2) is 0 Å². The average molecular weight is 434 g/mol. The Bertz CT molecular complexity index is 1190. The fraction of sp³-hybridized carbons (Fsp3) is 0.300. The van der Waals surface area contributed by atoms with Crippen molar-refractivity contribution >= 4 is 32.7 Å². The van der Waals surface area contributed by atoms with Gasteiger partial charge in [0.05, 0.1) is 17.3 Å². The van der Waals surface area contributed by atoms with Crippen molar-refractivity contribution in [3.8, 4) is 11.4 Å². The van der Waals surface area contributed by atoms with Crippen molar-refractivity contribution in [1.29, 1.82) is 0 Å². The van der Waals surface area contributed by atoms with E-state index in [0.29, 0.717) is 41.7 Å². The zero-order chi connectivity index (χ0) is 21.5. The maximum absolute atomic E-state index is 13.6. The van der Waals surface area contributed by atoms with Crippen LogP contribution in [0.1, 0.15) is 19.4 Å². The Morgan fingerprint density at radius 2 is 1.87 bits per heavy atom. The number of rotatable bonds is 5. The maximum atomic E-state index is 13.6. The summed E-state index contributed by atoms with van der Waals surface area (Å²) in [6, 6.07) is 12.3. The zero-order valence-electron chi connectivity index (χ0n) is 16.1. The number of carbonyl (C=O) groups excluding carboxylic acids is 1. The predicted molar refractivity (Wildman–Crippen MR) is 110 cm³/mol. The van der Waals surface area contributed by atoms with E-state index >= 15 is 0 Å². The minimum absolute atomic E-state index is 0.128. The molecular formula is C20H20F2N4O3S. The van der Waals surface area contributed by atoms with Crippen LogP contribution in [0, 0.1) is 0 Å². The van der Waals surface area contributed by atoms with Gasteiger partial charge in [0, 0.05) is 17.8 Å². The molecule has 10 heteroatoms. The molecule has 1 aliphatic heterocycles. The highest BCUT2D eigenvalue weighted by Crippen LogP contribution is 2.30. The molecule has 2 aromatic carbocycles. The number of nitrogens with one attached hydrogen (secondary N) is 1. The number of amides is 1. The van der Waals surface area contributed by atoms with Crippen molar-refractivity contribution in [2.24, 2.45) is 0 Å². The topological polar surface area (TPSA) is 84.3 Å². The number of aromatic nitrogens is 2. The van der Waals surface area contributed by atoms with Crippen LogP contribution in [0.2, 0.25) is 0 Å². The summed E-state index contributed by atoms with van der Waals surface area (Å²) in [6.07, 6.45) is 2.16. The average Bonchev–Trinajstić information content (AvgIpc) is 3.33. The molecule has 1 unspecified atom stereocenters. The Balaban J connectivity index is 1.58. The number of hydrogen-bond donors (Lipinski definition) is 1. The molecule has 3 aromatic rings. The smallest absolute Gasteiger partial charge is 0.320 e. The molecule has 0 saturated carbocycles. The third-order valence-electron chi connectivity index (χ3n) is 5.13. The van der Waals surface area contributed by atoms with Crippen molar-refractivity contribution in [3.05, 3.63) is 48.5 Å². The van der Waals surface area contributed by atoms with E-state index in [1.54, 1.807) is 48.5 Å². The normalized spacial score (nSPS) is 17.7. The fourth-order valence-corrected chi connectivity index (χ4v) is 4.90. The van der Waals surface area contributed by atoms with E-state index < -0.39 is 28.5 Å². The van der Waals surface area contributed by atoms with Crippen LogP contribution in [-0.4, -0.2) is 47.0 Å². The van der Waals surface area contributed by atoms with Crippen LogP contribution in [0.25, 0.3) is 22.4 Å². The van der Waals surface area contributed by atoms with Crippen molar-refractivity contribution in [1.82, 2.24) is 13.9 Å². The van der Waals surface area contributed by atoms with E-state index in [4.69, 9.17) is 0 Å². The minimum atomic E-state index is -3.47. The molecule has 1 amide bonds. The summed E-state index contributed by atoms with van der Waals surface area (Å²) in [5.41, 5.74) is 1.72. The summed E-state index contributed by atoms with van der Waals surface area (Å²) in [5, 5.41) is 2.71. The summed E-state index contributed by atoms with van der Waals surface area (Å²) in [4.78, 5) is 16.9. The maximum Gasteiger partial charge on any atom is 0.320 e. The standard InChI is InChI=1S/C20H20F2N4O3S/c1-30(28,29)25-12-4-7-17(25)19(27)23-14-10-8-13(9-11-14)18-24-15-5-2-3-6-16(15)26(18)20(21)22/h2-3,5-6,8-11,17,20H,4,7,12H2,1H3,(H,23,27). The number of nitrogens with zero attached hydrogens (tertiary/aromatic N) is 3. The van der Waals surface area contributed by atoms with Crippen LogP contribution >= 0.6 is 0 Å². The van der Waals surface area contributed by atoms with Crippen molar-refractivity contribution in [3.63, 3.8) is 0 Å². The van der Waals surface area contributed by atoms with Gasteiger partial charge in [-0.2, -0.15) is 13.1 Å². The molecule has 158 valence electrons. The molecule has 2 heterocycles. The third-order valence-corrected chi connectivity index (χ3v) is 6.42. The fourth-order valence-electron chi connectivity index (χ4n) is 3.77. The first-order chi connectivity index (χ1) is 14.3. The molecule has 7 nitrogen and oxygen atoms in total. The summed E-state index contributed by atoms with van der Waals surface area (Å²) < 4.78 is 53.0. The van der Waals surface area contributed by atoms with Gasteiger partial charge < -0.3 is 5.32 Å². The first kappa shape index (κ1) is 20.4. The van der Waals surface area contributed by atoms with Crippen LogP contribution in [0.3, 0.4) is 0 Å². The molecule has 0 radical (unpaired) electrons. The van der Waals surface area contributed by atoms with Gasteiger partial charge in [-0.15, -0.1) is 0 Å². The molecule has 0 spiro atoms. The highest BCUT2D eigenvalue weighted by Gasteiger charge is 2.36. The lowest BCUT2D eigenvalue weighted by Gasteiger charge is -2.21. The largest absolute Gasteiger partial charge is 0.325 e. The van der Waals surface area contributed by atoms with Gasteiger partial charge in [-0.05, 0) is 49.2 Å². The van der Waals surface area contributed by atoms with Crippen molar-refractivity contribution in [2.45, 2.75) is 25.4 Å². The molecule has 1 aliphatic rings. The number of anilines is 1. The number of para-hydroxylation sites is 2. The van der Waals surface area contributed by atoms with E-state index in [1.165, 1.54) is 4.31 Å². The zero-order valence-corrected chi connectivity index (χ0v) is 16.9. The predicted octanol–water partition coefficient (Wildman–Crippen LogP) is 3.46. The second kappa shape index (κ2) is 7.77. The van der Waals surface area contributed by atoms with Gasteiger partial charge in [0.1, 0.15) is 11.9 Å². The van der Waals surface area contributed by atoms with Gasteiger partial charge in [0.2, 0.25) is 15.9 Å². The highest BCUT2D eigenvalue weighted by molar-refractivity contribution is 7.88. The Kier molecular flexibility index (Phi) is 5.29. The minimum Gasteiger partial charge on any atom is -0.325 e. The third kappa shape index (κ3) is 3.80. The molecular weight excluding hydrogens is 414 g/mol. The van der Waals surface area contributed by atoms with E-state index in [9.17, 15) is 22.0 Å². The number of imidazole rings is 1. The second-order valence-electron chi connectivity index (χ2n) is 7.17. The highest BCUT2D eigenvalue weighted by atomic mass is 32.2. The molecule has 1 atom stereocenters. The van der Waals surface area contributed by atoms with Gasteiger partial charge in [-0.25, -0.2) is 13.4 Å². The number of alkyl halides is 2. The molecule has 30 heavy (non-hydrogen) atoms. The molecule has 0 aliphatic carbocycles. The van der Waals surface area contributed by atoms with Crippen LogP contribution in [0.4, 0.5) is 14.5 Å². The lowest BCUT2D eigenvalue weighted by molar-refractivity contribution is -0.119. The summed E-state index contributed by atoms with van der Waals surface area (Å²) in [6.45, 7) is -2.43. The number of halogens is 2. The van der Waals surface area contributed by atoms with Crippen LogP contribution < -0.4 is 5.32 Å². The number of benzene rings is 2. The lowest BCUT2D eigenvalue weighted by atomic mass is 10.1. The quantitative estimate of drug-likeness (QED) is 0.667. The van der Waals surface area contributed by atoms with Gasteiger partial charge in [-0.3, -0.25) is 9.36 Å². The molecule has 1 saturated heterocycles. The van der Waals surface area contributed by atoms with Crippen molar-refractivity contribution in [2.75, 3.05) is 18.1 Å². The number of fused-ring (bicyclic) bond motifs is 1. The Hall–Kier alpha value is -2.85. The molecule has 1 aromatic heterocycles. The molecule has 1 fully saturated rings. The summed E-state index contributed by atoms with van der Waals surface area (Å²) in [7, 11) is -3.47. The van der Waals surface area contributed by atoms with Gasteiger partial charge in [0.25, 0.3) is 0 Å². The van der Waals surface area contributed by atoms with Crippen LogP contribution in [0.15, 0.2) is 48.5 Å². The van der Waals surface area contributed by atoms with E-state index in [1.807, 2.05) is 0 Å². The Labute approximate surface area is 172 Å². The molecule has 1 N–H and O–H groups in total. The van der Waals surface area contributed by atoms with E-state index in [0.717, 1.165) is 10.8 Å². The lowest BCUT2D eigenvalue weighted by Crippen LogP contribution is -2.42. The summed E-state index contributed by atoms with van der Waals surface area (Å²) >= 11 is 0. The Morgan fingerprint density at radius 3 is 2.53 bits per heavy atom. The van der Waals surface area contributed by atoms with Gasteiger partial charge >= 0.3 is 6.55 Å². The molecule has 4 rings (SSSR count). The number of carbonyl (C=O) groups is 1. The number of hydrogen-bond acceptors (Lipinski definition) is 4. The summed E-state index contributed by atoms with van der Waals surface area (Å²) in [5.74, 6) is -0.284. The first-order valence-electron chi connectivity index (χ1n) is 9.39. The van der Waals surface area contributed by atoms with E-state index in [-0.39, 0.29) is 5.82 Å². The second-order valence-corrected chi connectivity index (χ2v) is 9.11. The van der Waals surface area contributed by atoms with Crippen LogP contribution in [0.5, 0.6) is 0 Å². The Morgan fingerprint density at radius 1 is 1.17 bits per heavy atom. The SMILES string of the molecule is CS(=O)(=O)N1CCCC1C(=O)Nc1ccc(-c2nc3ccccc3n2C(F)F)cc1. The van der Waals surface area contributed by atoms with Crippen molar-refractivity contribution < 1.29 is 22.0 Å². The van der Waals surface area contributed by atoms with E-state index in [2.05, 4.69) is 10.3 Å². The first-order valence-corrected chi connectivity index (χ1v) is 11.2. The monoisotopic (exact) mass is 434 g/mol. The number of sulfonamides is 1. The van der Waals surface area contributed by atoms with Gasteiger partial charge in [-0.1, -0.05) is 12.1 Å². The van der Waals surface area contributed by atoms with Crippen LogP contribution in [-0.2, 0) is 14.8 Å². The molecule has 0 bridgehead atoms.